The van der Waals surface area contributed by atoms with Crippen molar-refractivity contribution in [2.45, 2.75) is 26.2 Å². The Labute approximate surface area is 70.7 Å². The largest absolute Gasteiger partial charge is 0.260 e. The number of hydrogen-bond donors (Lipinski definition) is 1. The number of aliphatic imine (C=N–C) groups is 1. The molecule has 1 rings (SSSR count). The summed E-state index contributed by atoms with van der Waals surface area (Å²) in [5.41, 5.74) is 0.865. The van der Waals surface area contributed by atoms with Crippen molar-refractivity contribution in [3.8, 4) is 0 Å². The summed E-state index contributed by atoms with van der Waals surface area (Å²) in [5, 5.41) is 6.64. The van der Waals surface area contributed by atoms with Gasteiger partial charge in [0.25, 0.3) is 0 Å². The predicted octanol–water partition coefficient (Wildman–Crippen LogP) is 1.67. The number of rotatable bonds is 1. The average molecular weight is 165 g/mol. The van der Waals surface area contributed by atoms with Crippen molar-refractivity contribution in [2.75, 3.05) is 0 Å². The van der Waals surface area contributed by atoms with Gasteiger partial charge >= 0.3 is 0 Å². The molecule has 0 aliphatic rings. The second-order valence-corrected chi connectivity index (χ2v) is 3.59. The Hall–Kier alpha value is -1.41. The summed E-state index contributed by atoms with van der Waals surface area (Å²) in [4.78, 5) is 13.3. The molecule has 64 valence electrons. The first-order chi connectivity index (χ1) is 5.54. The fourth-order valence-corrected chi connectivity index (χ4v) is 0.802. The fraction of sp³-hybridized carbons (Fsp3) is 0.500. The Bertz CT molecular complexity index is 315. The summed E-state index contributed by atoms with van der Waals surface area (Å²) >= 11 is 0. The van der Waals surface area contributed by atoms with Gasteiger partial charge in [0.15, 0.2) is 5.82 Å². The van der Waals surface area contributed by atoms with E-state index in [1.54, 1.807) is 6.07 Å². The van der Waals surface area contributed by atoms with Crippen LogP contribution in [0.3, 0.4) is 0 Å². The van der Waals surface area contributed by atoms with Crippen molar-refractivity contribution in [1.82, 2.24) is 10.2 Å². The number of aromatic amines is 1. The first-order valence-corrected chi connectivity index (χ1v) is 3.68. The van der Waals surface area contributed by atoms with Gasteiger partial charge < -0.3 is 0 Å². The van der Waals surface area contributed by atoms with E-state index in [1.165, 1.54) is 6.08 Å². The van der Waals surface area contributed by atoms with Gasteiger partial charge in [0.05, 0.1) is 5.69 Å². The van der Waals surface area contributed by atoms with E-state index in [4.69, 9.17) is 0 Å². The van der Waals surface area contributed by atoms with Crippen molar-refractivity contribution in [1.29, 1.82) is 0 Å². The highest BCUT2D eigenvalue weighted by Crippen LogP contribution is 2.22. The van der Waals surface area contributed by atoms with E-state index in [0.29, 0.717) is 5.82 Å². The zero-order valence-corrected chi connectivity index (χ0v) is 7.38. The molecule has 0 atom stereocenters. The maximum atomic E-state index is 9.89. The average Bonchev–Trinajstić information content (AvgIpc) is 2.35. The maximum absolute atomic E-state index is 9.89. The molecular weight excluding hydrogens is 154 g/mol. The molecule has 4 heteroatoms. The summed E-state index contributed by atoms with van der Waals surface area (Å²) in [6.07, 6.45) is 1.45. The molecule has 1 heterocycles. The van der Waals surface area contributed by atoms with Gasteiger partial charge in [0.1, 0.15) is 0 Å². The monoisotopic (exact) mass is 165 g/mol. The molecule has 12 heavy (non-hydrogen) atoms. The number of isocyanates is 1. The Kier molecular flexibility index (Phi) is 2.11. The molecule has 0 unspecified atom stereocenters. The third kappa shape index (κ3) is 1.80. The van der Waals surface area contributed by atoms with Crippen LogP contribution in [0.15, 0.2) is 11.1 Å². The van der Waals surface area contributed by atoms with Gasteiger partial charge in [0, 0.05) is 11.5 Å². The minimum absolute atomic E-state index is 0.0207. The molecule has 0 aromatic carbocycles. The third-order valence-electron chi connectivity index (χ3n) is 1.50. The minimum atomic E-state index is -0.0207. The molecule has 0 spiro atoms. The van der Waals surface area contributed by atoms with E-state index >= 15 is 0 Å². The highest BCUT2D eigenvalue weighted by atomic mass is 16.1. The van der Waals surface area contributed by atoms with E-state index in [-0.39, 0.29) is 5.41 Å². The molecule has 4 nitrogen and oxygen atoms in total. The second kappa shape index (κ2) is 2.91. The van der Waals surface area contributed by atoms with E-state index in [2.05, 4.69) is 15.2 Å². The van der Waals surface area contributed by atoms with Crippen molar-refractivity contribution >= 4 is 11.9 Å². The summed E-state index contributed by atoms with van der Waals surface area (Å²) in [6, 6.07) is 1.74. The van der Waals surface area contributed by atoms with Crippen molar-refractivity contribution < 1.29 is 4.79 Å². The summed E-state index contributed by atoms with van der Waals surface area (Å²) < 4.78 is 0. The lowest BCUT2D eigenvalue weighted by molar-refractivity contribution is 0.565. The van der Waals surface area contributed by atoms with Gasteiger partial charge in [-0.1, -0.05) is 20.8 Å². The van der Waals surface area contributed by atoms with Crippen molar-refractivity contribution in [2.24, 2.45) is 4.99 Å². The Morgan fingerprint density at radius 3 is 2.67 bits per heavy atom. The molecule has 0 amide bonds. The molecule has 1 N–H and O–H groups in total. The summed E-state index contributed by atoms with van der Waals surface area (Å²) in [6.45, 7) is 6.12. The number of carbonyl (C=O) groups excluding carboxylic acids is 1. The molecule has 0 saturated carbocycles. The molecule has 1 aromatic heterocycles. The van der Waals surface area contributed by atoms with Crippen LogP contribution in [0, 0.1) is 0 Å². The Balaban J connectivity index is 2.99. The molecule has 0 bridgehead atoms. The van der Waals surface area contributed by atoms with E-state index in [0.717, 1.165) is 5.69 Å². The van der Waals surface area contributed by atoms with E-state index in [1.807, 2.05) is 20.8 Å². The lowest BCUT2D eigenvalue weighted by Gasteiger charge is -2.13. The van der Waals surface area contributed by atoms with Crippen LogP contribution in [-0.2, 0) is 10.2 Å². The van der Waals surface area contributed by atoms with Crippen LogP contribution in [0.2, 0.25) is 0 Å². The van der Waals surface area contributed by atoms with E-state index < -0.39 is 0 Å². The van der Waals surface area contributed by atoms with Gasteiger partial charge in [-0.3, -0.25) is 5.10 Å². The molecule has 0 radical (unpaired) electrons. The third-order valence-corrected chi connectivity index (χ3v) is 1.50. The van der Waals surface area contributed by atoms with Gasteiger partial charge in [0.2, 0.25) is 6.08 Å². The van der Waals surface area contributed by atoms with Crippen LogP contribution in [0.4, 0.5) is 5.82 Å². The molecular formula is C8H11N3O. The number of H-pyrrole nitrogens is 1. The van der Waals surface area contributed by atoms with Gasteiger partial charge in [-0.15, -0.1) is 4.99 Å². The van der Waals surface area contributed by atoms with Gasteiger partial charge in [-0.05, 0) is 0 Å². The molecule has 1 aromatic rings. The summed E-state index contributed by atoms with van der Waals surface area (Å²) in [5.74, 6) is 0.454. The second-order valence-electron chi connectivity index (χ2n) is 3.59. The quantitative estimate of drug-likeness (QED) is 0.508. The standard InChI is InChI=1S/C8H11N3O/c1-8(2,3)6-4-7(9-5-12)11-10-6/h4H,1-3H3,(H,10,11). The first kappa shape index (κ1) is 8.68. The molecule has 0 saturated heterocycles. The van der Waals surface area contributed by atoms with Gasteiger partial charge in [-0.2, -0.15) is 5.10 Å². The highest BCUT2D eigenvalue weighted by Gasteiger charge is 2.16. The lowest BCUT2D eigenvalue weighted by atomic mass is 9.92. The lowest BCUT2D eigenvalue weighted by Crippen LogP contribution is -2.11. The van der Waals surface area contributed by atoms with Crippen LogP contribution < -0.4 is 0 Å². The topological polar surface area (TPSA) is 58.1 Å². The molecule has 0 fully saturated rings. The predicted molar refractivity (Wildman–Crippen MR) is 45.1 cm³/mol. The molecule has 0 aliphatic carbocycles. The zero-order valence-electron chi connectivity index (χ0n) is 7.38. The number of nitrogens with zero attached hydrogens (tertiary/aromatic N) is 2. The highest BCUT2D eigenvalue weighted by molar-refractivity contribution is 5.44. The number of hydrogen-bond acceptors (Lipinski definition) is 3. The number of nitrogens with one attached hydrogen (secondary N) is 1. The SMILES string of the molecule is CC(C)(C)c1cc(N=C=O)[nH]n1. The van der Waals surface area contributed by atoms with Crippen LogP contribution >= 0.6 is 0 Å². The first-order valence-electron chi connectivity index (χ1n) is 3.68. The van der Waals surface area contributed by atoms with Crippen LogP contribution in [0.25, 0.3) is 0 Å². The smallest absolute Gasteiger partial charge is 0.242 e. The normalized spacial score (nSPS) is 10.9. The maximum Gasteiger partial charge on any atom is 0.242 e. The Morgan fingerprint density at radius 2 is 2.25 bits per heavy atom. The minimum Gasteiger partial charge on any atom is -0.260 e. The van der Waals surface area contributed by atoms with Gasteiger partial charge in [-0.25, -0.2) is 4.79 Å². The fourth-order valence-electron chi connectivity index (χ4n) is 0.802. The zero-order chi connectivity index (χ0) is 9.19. The van der Waals surface area contributed by atoms with Crippen LogP contribution in [0.5, 0.6) is 0 Å². The molecule has 0 aliphatic heterocycles. The van der Waals surface area contributed by atoms with E-state index in [9.17, 15) is 4.79 Å². The van der Waals surface area contributed by atoms with Crippen molar-refractivity contribution in [3.63, 3.8) is 0 Å². The van der Waals surface area contributed by atoms with Crippen molar-refractivity contribution in [3.05, 3.63) is 11.8 Å². The Morgan fingerprint density at radius 1 is 1.58 bits per heavy atom. The summed E-state index contributed by atoms with van der Waals surface area (Å²) in [7, 11) is 0. The van der Waals surface area contributed by atoms with Crippen LogP contribution in [-0.4, -0.2) is 16.3 Å². The van der Waals surface area contributed by atoms with Crippen LogP contribution in [0.1, 0.15) is 26.5 Å². The number of aromatic nitrogens is 2.